The highest BCUT2D eigenvalue weighted by atomic mass is 19.3. The van der Waals surface area contributed by atoms with Gasteiger partial charge in [0.15, 0.2) is 0 Å². The SMILES string of the molecule is O=C(CNCCOCC(F)F)N1CCOCC1. The van der Waals surface area contributed by atoms with E-state index in [1.54, 1.807) is 4.90 Å². The third kappa shape index (κ3) is 6.50. The fourth-order valence-electron chi connectivity index (χ4n) is 1.44. The summed E-state index contributed by atoms with van der Waals surface area (Å²) in [5, 5.41) is 2.85. The lowest BCUT2D eigenvalue weighted by atomic mass is 10.4. The number of morpholine rings is 1. The maximum Gasteiger partial charge on any atom is 0.261 e. The van der Waals surface area contributed by atoms with E-state index in [1.165, 1.54) is 0 Å². The van der Waals surface area contributed by atoms with Crippen molar-refractivity contribution in [2.75, 3.05) is 52.6 Å². The molecule has 1 aliphatic heterocycles. The molecule has 1 rings (SSSR count). The summed E-state index contributed by atoms with van der Waals surface area (Å²) in [5.74, 6) is 0.00200. The van der Waals surface area contributed by atoms with Crippen molar-refractivity contribution in [1.29, 1.82) is 0 Å². The molecule has 17 heavy (non-hydrogen) atoms. The molecule has 100 valence electrons. The molecule has 0 saturated carbocycles. The van der Waals surface area contributed by atoms with Crippen LogP contribution in [0.1, 0.15) is 0 Å². The molecule has 0 atom stereocenters. The van der Waals surface area contributed by atoms with E-state index in [-0.39, 0.29) is 19.1 Å². The Morgan fingerprint density at radius 3 is 2.76 bits per heavy atom. The molecule has 1 fully saturated rings. The first-order valence-electron chi connectivity index (χ1n) is 5.62. The standard InChI is InChI=1S/C10H18F2N2O3/c11-9(12)8-17-4-1-13-7-10(15)14-2-5-16-6-3-14/h9,13H,1-8H2. The van der Waals surface area contributed by atoms with E-state index < -0.39 is 13.0 Å². The molecule has 1 N–H and O–H groups in total. The number of rotatable bonds is 7. The number of amides is 1. The van der Waals surface area contributed by atoms with E-state index in [2.05, 4.69) is 10.1 Å². The van der Waals surface area contributed by atoms with Gasteiger partial charge in [-0.2, -0.15) is 0 Å². The molecule has 0 aromatic heterocycles. The van der Waals surface area contributed by atoms with Crippen LogP contribution in [0.2, 0.25) is 0 Å². The minimum Gasteiger partial charge on any atom is -0.378 e. The van der Waals surface area contributed by atoms with E-state index in [4.69, 9.17) is 4.74 Å². The van der Waals surface area contributed by atoms with E-state index >= 15 is 0 Å². The lowest BCUT2D eigenvalue weighted by Crippen LogP contribution is -2.45. The lowest BCUT2D eigenvalue weighted by Gasteiger charge is -2.26. The van der Waals surface area contributed by atoms with E-state index in [9.17, 15) is 13.6 Å². The number of hydrogen-bond acceptors (Lipinski definition) is 4. The van der Waals surface area contributed by atoms with Crippen molar-refractivity contribution in [1.82, 2.24) is 10.2 Å². The number of nitrogens with one attached hydrogen (secondary N) is 1. The van der Waals surface area contributed by atoms with Crippen LogP contribution in [0, 0.1) is 0 Å². The molecule has 0 unspecified atom stereocenters. The van der Waals surface area contributed by atoms with Gasteiger partial charge in [-0.1, -0.05) is 0 Å². The van der Waals surface area contributed by atoms with Crippen LogP contribution in [0.15, 0.2) is 0 Å². The molecule has 7 heteroatoms. The van der Waals surface area contributed by atoms with Gasteiger partial charge in [-0.15, -0.1) is 0 Å². The maximum absolute atomic E-state index is 11.7. The van der Waals surface area contributed by atoms with Gasteiger partial charge >= 0.3 is 0 Å². The Labute approximate surface area is 99.0 Å². The highest BCUT2D eigenvalue weighted by molar-refractivity contribution is 5.78. The quantitative estimate of drug-likeness (QED) is 0.633. The zero-order chi connectivity index (χ0) is 12.5. The van der Waals surface area contributed by atoms with Gasteiger partial charge in [0.05, 0.1) is 26.4 Å². The highest BCUT2D eigenvalue weighted by Gasteiger charge is 2.15. The predicted octanol–water partition coefficient (Wildman–Crippen LogP) is -0.283. The number of hydrogen-bond donors (Lipinski definition) is 1. The summed E-state index contributed by atoms with van der Waals surface area (Å²) < 4.78 is 33.2. The van der Waals surface area contributed by atoms with Crippen LogP contribution in [0.5, 0.6) is 0 Å². The smallest absolute Gasteiger partial charge is 0.261 e. The summed E-state index contributed by atoms with van der Waals surface area (Å²) in [6.45, 7) is 2.60. The number of carbonyl (C=O) groups is 1. The topological polar surface area (TPSA) is 50.8 Å². The van der Waals surface area contributed by atoms with Gasteiger partial charge in [0.25, 0.3) is 6.43 Å². The van der Waals surface area contributed by atoms with Crippen molar-refractivity contribution >= 4 is 5.91 Å². The zero-order valence-electron chi connectivity index (χ0n) is 9.66. The monoisotopic (exact) mass is 252 g/mol. The molecule has 0 radical (unpaired) electrons. The molecule has 1 saturated heterocycles. The number of alkyl halides is 2. The first-order valence-corrected chi connectivity index (χ1v) is 5.62. The fraction of sp³-hybridized carbons (Fsp3) is 0.900. The first kappa shape index (κ1) is 14.3. The van der Waals surface area contributed by atoms with Crippen molar-refractivity contribution in [2.24, 2.45) is 0 Å². The average molecular weight is 252 g/mol. The molecule has 1 heterocycles. The van der Waals surface area contributed by atoms with E-state index in [0.717, 1.165) is 0 Å². The van der Waals surface area contributed by atoms with Crippen molar-refractivity contribution in [2.45, 2.75) is 6.43 Å². The van der Waals surface area contributed by atoms with Gasteiger partial charge in [-0.25, -0.2) is 8.78 Å². The van der Waals surface area contributed by atoms with Crippen LogP contribution in [0.4, 0.5) is 8.78 Å². The minimum atomic E-state index is -2.44. The first-order chi connectivity index (χ1) is 8.20. The minimum absolute atomic E-state index is 0.00200. The second-order valence-electron chi connectivity index (χ2n) is 3.64. The summed E-state index contributed by atoms with van der Waals surface area (Å²) in [6, 6.07) is 0. The van der Waals surface area contributed by atoms with Crippen LogP contribution < -0.4 is 5.32 Å². The summed E-state index contributed by atoms with van der Waals surface area (Å²) >= 11 is 0. The van der Waals surface area contributed by atoms with Gasteiger partial charge in [-0.3, -0.25) is 4.79 Å². The number of nitrogens with zero attached hydrogens (tertiary/aromatic N) is 1. The Morgan fingerprint density at radius 2 is 2.12 bits per heavy atom. The predicted molar refractivity (Wildman–Crippen MR) is 57.1 cm³/mol. The third-order valence-electron chi connectivity index (χ3n) is 2.31. The van der Waals surface area contributed by atoms with Gasteiger partial charge < -0.3 is 19.7 Å². The zero-order valence-corrected chi connectivity index (χ0v) is 9.66. The summed E-state index contributed by atoms with van der Waals surface area (Å²) in [4.78, 5) is 13.3. The van der Waals surface area contributed by atoms with Crippen LogP contribution in [0.25, 0.3) is 0 Å². The highest BCUT2D eigenvalue weighted by Crippen LogP contribution is 1.96. The molecule has 1 amide bonds. The molecule has 0 aliphatic carbocycles. The molecule has 5 nitrogen and oxygen atoms in total. The Kier molecular flexibility index (Phi) is 6.99. The number of carbonyl (C=O) groups excluding carboxylic acids is 1. The van der Waals surface area contributed by atoms with Crippen LogP contribution in [-0.2, 0) is 14.3 Å². The summed E-state index contributed by atoms with van der Waals surface area (Å²) in [7, 11) is 0. The van der Waals surface area contributed by atoms with Crippen LogP contribution >= 0.6 is 0 Å². The third-order valence-corrected chi connectivity index (χ3v) is 2.31. The van der Waals surface area contributed by atoms with Crippen molar-refractivity contribution in [3.63, 3.8) is 0 Å². The van der Waals surface area contributed by atoms with Gasteiger partial charge in [0.1, 0.15) is 6.61 Å². The second kappa shape index (κ2) is 8.32. The second-order valence-corrected chi connectivity index (χ2v) is 3.64. The Hall–Kier alpha value is -0.790. The maximum atomic E-state index is 11.7. The van der Waals surface area contributed by atoms with Crippen molar-refractivity contribution < 1.29 is 23.0 Å². The van der Waals surface area contributed by atoms with Crippen molar-refractivity contribution in [3.8, 4) is 0 Å². The number of ether oxygens (including phenoxy) is 2. The van der Waals surface area contributed by atoms with Gasteiger partial charge in [0, 0.05) is 19.6 Å². The normalized spacial score (nSPS) is 16.5. The largest absolute Gasteiger partial charge is 0.378 e. The molecule has 0 aromatic carbocycles. The lowest BCUT2D eigenvalue weighted by molar-refractivity contribution is -0.134. The van der Waals surface area contributed by atoms with Crippen LogP contribution in [-0.4, -0.2) is 69.8 Å². The molecule has 0 bridgehead atoms. The number of halogens is 2. The van der Waals surface area contributed by atoms with Crippen molar-refractivity contribution in [3.05, 3.63) is 0 Å². The molecule has 0 aromatic rings. The summed E-state index contributed by atoms with van der Waals surface area (Å²) in [6.07, 6.45) is -2.44. The molecule has 1 aliphatic rings. The van der Waals surface area contributed by atoms with Gasteiger partial charge in [-0.05, 0) is 0 Å². The Morgan fingerprint density at radius 1 is 1.41 bits per heavy atom. The summed E-state index contributed by atoms with van der Waals surface area (Å²) in [5.41, 5.74) is 0. The average Bonchev–Trinajstić information content (AvgIpc) is 2.34. The van der Waals surface area contributed by atoms with Gasteiger partial charge in [0.2, 0.25) is 5.91 Å². The Bertz CT molecular complexity index is 224. The van der Waals surface area contributed by atoms with Crippen LogP contribution in [0.3, 0.4) is 0 Å². The van der Waals surface area contributed by atoms with E-state index in [1.807, 2.05) is 0 Å². The Balaban J connectivity index is 1.96. The molecular formula is C10H18F2N2O3. The molecular weight excluding hydrogens is 234 g/mol. The fourth-order valence-corrected chi connectivity index (χ4v) is 1.44. The molecule has 0 spiro atoms. The van der Waals surface area contributed by atoms with E-state index in [0.29, 0.717) is 32.8 Å².